The van der Waals surface area contributed by atoms with Crippen molar-refractivity contribution in [3.8, 4) is 0 Å². The molecule has 112 valence electrons. The second kappa shape index (κ2) is 6.16. The van der Waals surface area contributed by atoms with Crippen molar-refractivity contribution in [3.05, 3.63) is 30.3 Å². The third-order valence-corrected chi connectivity index (χ3v) is 4.03. The van der Waals surface area contributed by atoms with Crippen molar-refractivity contribution in [1.82, 2.24) is 10.2 Å². The summed E-state index contributed by atoms with van der Waals surface area (Å²) >= 11 is 0. The fraction of sp³-hybridized carbons (Fsp3) is 0.500. The van der Waals surface area contributed by atoms with E-state index in [2.05, 4.69) is 10.6 Å². The molecule has 1 aromatic rings. The molecule has 0 bridgehead atoms. The normalized spacial score (nSPS) is 21.7. The van der Waals surface area contributed by atoms with E-state index < -0.39 is 0 Å². The predicted molar refractivity (Wildman–Crippen MR) is 80.9 cm³/mol. The quantitative estimate of drug-likeness (QED) is 0.895. The van der Waals surface area contributed by atoms with Crippen molar-refractivity contribution in [3.63, 3.8) is 0 Å². The van der Waals surface area contributed by atoms with E-state index in [9.17, 15) is 9.59 Å². The number of urea groups is 1. The number of nitrogens with zero attached hydrogens (tertiary/aromatic N) is 1. The van der Waals surface area contributed by atoms with E-state index >= 15 is 0 Å². The van der Waals surface area contributed by atoms with E-state index in [1.54, 1.807) is 4.90 Å². The first kappa shape index (κ1) is 13.9. The van der Waals surface area contributed by atoms with Gasteiger partial charge in [0.25, 0.3) is 0 Å². The first-order valence-corrected chi connectivity index (χ1v) is 7.64. The zero-order valence-electron chi connectivity index (χ0n) is 12.0. The van der Waals surface area contributed by atoms with Gasteiger partial charge in [-0.3, -0.25) is 4.79 Å². The monoisotopic (exact) mass is 287 g/mol. The lowest BCUT2D eigenvalue weighted by atomic mass is 9.97. The largest absolute Gasteiger partial charge is 0.335 e. The molecule has 1 saturated heterocycles. The fourth-order valence-corrected chi connectivity index (χ4v) is 2.63. The summed E-state index contributed by atoms with van der Waals surface area (Å²) in [6, 6.07) is 9.79. The van der Waals surface area contributed by atoms with Crippen LogP contribution < -0.4 is 10.6 Å². The molecule has 5 nitrogen and oxygen atoms in total. The average Bonchev–Trinajstić information content (AvgIpc) is 3.32. The third kappa shape index (κ3) is 3.74. The van der Waals surface area contributed by atoms with E-state index in [1.807, 2.05) is 30.3 Å². The summed E-state index contributed by atoms with van der Waals surface area (Å²) in [6.07, 6.45) is 3.88. The highest BCUT2D eigenvalue weighted by molar-refractivity contribution is 5.93. The first-order valence-electron chi connectivity index (χ1n) is 7.64. The number of carbonyl (C=O) groups excluding carboxylic acids is 2. The first-order chi connectivity index (χ1) is 10.2. The maximum atomic E-state index is 12.3. The molecule has 1 aliphatic carbocycles. The number of benzene rings is 1. The lowest BCUT2D eigenvalue weighted by Gasteiger charge is -2.32. The van der Waals surface area contributed by atoms with Crippen LogP contribution in [-0.4, -0.2) is 36.0 Å². The summed E-state index contributed by atoms with van der Waals surface area (Å²) in [7, 11) is 0. The minimum Gasteiger partial charge on any atom is -0.335 e. The van der Waals surface area contributed by atoms with Crippen LogP contribution in [0, 0.1) is 5.92 Å². The van der Waals surface area contributed by atoms with Gasteiger partial charge in [-0.05, 0) is 37.8 Å². The second-order valence-electron chi connectivity index (χ2n) is 5.86. The van der Waals surface area contributed by atoms with Gasteiger partial charge in [0.15, 0.2) is 0 Å². The molecule has 1 heterocycles. The van der Waals surface area contributed by atoms with Gasteiger partial charge in [-0.15, -0.1) is 0 Å². The van der Waals surface area contributed by atoms with Gasteiger partial charge in [0, 0.05) is 24.8 Å². The van der Waals surface area contributed by atoms with E-state index in [4.69, 9.17) is 0 Å². The summed E-state index contributed by atoms with van der Waals surface area (Å²) in [4.78, 5) is 26.1. The number of nitrogens with one attached hydrogen (secondary N) is 2. The van der Waals surface area contributed by atoms with Crippen molar-refractivity contribution in [2.75, 3.05) is 18.4 Å². The minimum atomic E-state index is -0.121. The molecular weight excluding hydrogens is 266 g/mol. The summed E-state index contributed by atoms with van der Waals surface area (Å²) in [5, 5.41) is 5.91. The number of hydrogen-bond acceptors (Lipinski definition) is 2. The van der Waals surface area contributed by atoms with Crippen LogP contribution >= 0.6 is 0 Å². The van der Waals surface area contributed by atoms with Crippen molar-refractivity contribution in [1.29, 1.82) is 0 Å². The Hall–Kier alpha value is -2.04. The number of amides is 3. The van der Waals surface area contributed by atoms with Crippen LogP contribution in [0.2, 0.25) is 0 Å². The molecule has 5 heteroatoms. The molecule has 1 unspecified atom stereocenters. The number of para-hydroxylation sites is 1. The molecule has 21 heavy (non-hydrogen) atoms. The molecule has 0 aromatic heterocycles. The molecule has 3 amide bonds. The van der Waals surface area contributed by atoms with E-state index in [-0.39, 0.29) is 17.9 Å². The van der Waals surface area contributed by atoms with Crippen molar-refractivity contribution in [2.24, 2.45) is 5.92 Å². The molecule has 2 N–H and O–H groups in total. The Balaban J connectivity index is 1.54. The van der Waals surface area contributed by atoms with Gasteiger partial charge in [-0.25, -0.2) is 4.79 Å². The molecular formula is C16H21N3O2. The molecule has 2 aliphatic rings. The highest BCUT2D eigenvalue weighted by Gasteiger charge is 2.31. The molecule has 1 aromatic carbocycles. The van der Waals surface area contributed by atoms with Gasteiger partial charge in [0.1, 0.15) is 0 Å². The summed E-state index contributed by atoms with van der Waals surface area (Å²) in [5.74, 6) is -0.117. The van der Waals surface area contributed by atoms with Crippen molar-refractivity contribution < 1.29 is 9.59 Å². The van der Waals surface area contributed by atoms with Crippen LogP contribution in [0.3, 0.4) is 0 Å². The number of likely N-dealkylation sites (tertiary alicyclic amines) is 1. The van der Waals surface area contributed by atoms with Gasteiger partial charge in [0.2, 0.25) is 5.91 Å². The Morgan fingerprint density at radius 1 is 1.10 bits per heavy atom. The van der Waals surface area contributed by atoms with Gasteiger partial charge in [-0.2, -0.15) is 0 Å². The lowest BCUT2D eigenvalue weighted by Crippen LogP contribution is -2.48. The third-order valence-electron chi connectivity index (χ3n) is 4.03. The number of piperidine rings is 1. The van der Waals surface area contributed by atoms with Gasteiger partial charge in [0.05, 0.1) is 5.92 Å². The Labute approximate surface area is 124 Å². The maximum Gasteiger partial charge on any atom is 0.317 e. The highest BCUT2D eigenvalue weighted by atomic mass is 16.2. The minimum absolute atomic E-state index is 0.00474. The fourth-order valence-electron chi connectivity index (χ4n) is 2.63. The number of carbonyl (C=O) groups is 2. The van der Waals surface area contributed by atoms with Gasteiger partial charge in [-0.1, -0.05) is 18.2 Å². The lowest BCUT2D eigenvalue weighted by molar-refractivity contribution is -0.121. The van der Waals surface area contributed by atoms with E-state index in [1.165, 1.54) is 0 Å². The summed E-state index contributed by atoms with van der Waals surface area (Å²) < 4.78 is 0. The Bertz CT molecular complexity index is 514. The highest BCUT2D eigenvalue weighted by Crippen LogP contribution is 2.22. The number of rotatable bonds is 3. The van der Waals surface area contributed by atoms with Crippen LogP contribution in [0.5, 0.6) is 0 Å². The Morgan fingerprint density at radius 3 is 2.57 bits per heavy atom. The SMILES string of the molecule is O=C(Nc1ccccc1)C1CCCN(C(=O)NC2CC2)C1. The molecule has 0 radical (unpaired) electrons. The maximum absolute atomic E-state index is 12.3. The van der Waals surface area contributed by atoms with Crippen LogP contribution in [0.1, 0.15) is 25.7 Å². The van der Waals surface area contributed by atoms with Crippen LogP contribution in [0.4, 0.5) is 10.5 Å². The zero-order valence-corrected chi connectivity index (χ0v) is 12.0. The zero-order chi connectivity index (χ0) is 14.7. The van der Waals surface area contributed by atoms with Crippen molar-refractivity contribution >= 4 is 17.6 Å². The number of hydrogen-bond donors (Lipinski definition) is 2. The van der Waals surface area contributed by atoms with Gasteiger partial charge >= 0.3 is 6.03 Å². The smallest absolute Gasteiger partial charge is 0.317 e. The standard InChI is InChI=1S/C16H21N3O2/c20-15(17-13-6-2-1-3-7-13)12-5-4-10-19(11-12)16(21)18-14-8-9-14/h1-3,6-7,12,14H,4-5,8-11H2,(H,17,20)(H,18,21). The Morgan fingerprint density at radius 2 is 1.86 bits per heavy atom. The predicted octanol–water partition coefficient (Wildman–Crippen LogP) is 2.21. The van der Waals surface area contributed by atoms with Gasteiger partial charge < -0.3 is 15.5 Å². The summed E-state index contributed by atoms with van der Waals surface area (Å²) in [6.45, 7) is 1.25. The molecule has 2 fully saturated rings. The molecule has 1 saturated carbocycles. The average molecular weight is 287 g/mol. The van der Waals surface area contributed by atoms with E-state index in [0.29, 0.717) is 12.6 Å². The molecule has 1 aliphatic heterocycles. The summed E-state index contributed by atoms with van der Waals surface area (Å²) in [5.41, 5.74) is 0.807. The molecule has 3 rings (SSSR count). The van der Waals surface area contributed by atoms with Crippen LogP contribution in [0.15, 0.2) is 30.3 Å². The Kier molecular flexibility index (Phi) is 4.08. The topological polar surface area (TPSA) is 61.4 Å². The van der Waals surface area contributed by atoms with Crippen LogP contribution in [-0.2, 0) is 4.79 Å². The molecule has 0 spiro atoms. The van der Waals surface area contributed by atoms with Crippen molar-refractivity contribution in [2.45, 2.75) is 31.7 Å². The van der Waals surface area contributed by atoms with Crippen LogP contribution in [0.25, 0.3) is 0 Å². The molecule has 1 atom stereocenters. The number of anilines is 1. The second-order valence-corrected chi connectivity index (χ2v) is 5.86. The van der Waals surface area contributed by atoms with E-state index in [0.717, 1.165) is 37.9 Å².